The first kappa shape index (κ1) is 24.9. The van der Waals surface area contributed by atoms with Crippen LogP contribution in [0.2, 0.25) is 0 Å². The summed E-state index contributed by atoms with van der Waals surface area (Å²) in [6.45, 7) is 2.32. The zero-order valence-electron chi connectivity index (χ0n) is 20.8. The fourth-order valence-corrected chi connectivity index (χ4v) is 6.32. The second-order valence-corrected chi connectivity index (χ2v) is 10.7. The molecule has 0 atom stereocenters. The fraction of sp³-hybridized carbons (Fsp3) is 0.531. The van der Waals surface area contributed by atoms with Crippen molar-refractivity contribution in [2.75, 3.05) is 0 Å². The van der Waals surface area contributed by atoms with Crippen molar-refractivity contribution in [3.63, 3.8) is 0 Å². The molecule has 2 saturated carbocycles. The van der Waals surface area contributed by atoms with E-state index in [1.54, 1.807) is 0 Å². The van der Waals surface area contributed by atoms with E-state index in [0.29, 0.717) is 0 Å². The first-order chi connectivity index (χ1) is 16.7. The minimum absolute atomic E-state index is 0.734. The first-order valence-corrected chi connectivity index (χ1v) is 14.0. The number of thiocarbonyl (C=S) groups is 1. The van der Waals surface area contributed by atoms with E-state index in [4.69, 9.17) is 0 Å². The summed E-state index contributed by atoms with van der Waals surface area (Å²) in [7, 11) is 0. The molecule has 2 heteroatoms. The summed E-state index contributed by atoms with van der Waals surface area (Å²) in [6.07, 6.45) is 17.3. The number of benzene rings is 2. The van der Waals surface area contributed by atoms with Gasteiger partial charge < -0.3 is 0 Å². The van der Waals surface area contributed by atoms with Gasteiger partial charge in [0.2, 0.25) is 0 Å². The summed E-state index contributed by atoms with van der Waals surface area (Å²) < 4.78 is 0. The average Bonchev–Trinajstić information content (AvgIpc) is 2.89. The van der Waals surface area contributed by atoms with Crippen LogP contribution in [0.5, 0.6) is 0 Å². The number of hydrogen-bond donors (Lipinski definition) is 0. The van der Waals surface area contributed by atoms with Gasteiger partial charge in [-0.3, -0.25) is 0 Å². The molecule has 0 spiro atoms. The third-order valence-corrected chi connectivity index (χ3v) is 8.41. The molecule has 0 saturated heterocycles. The zero-order chi connectivity index (χ0) is 23.6. The Kier molecular flexibility index (Phi) is 9.55. The number of unbranched alkanes of at least 4 members (excludes halogenated alkanes) is 2. The van der Waals surface area contributed by atoms with E-state index in [1.807, 2.05) is 24.3 Å². The molecule has 1 nitrogen and oxygen atoms in total. The summed E-state index contributed by atoms with van der Waals surface area (Å²) in [5.74, 6) is 10.3. The van der Waals surface area contributed by atoms with E-state index in [0.717, 1.165) is 40.5 Å². The lowest BCUT2D eigenvalue weighted by atomic mass is 9.68. The third kappa shape index (κ3) is 7.15. The highest BCUT2D eigenvalue weighted by Crippen LogP contribution is 2.44. The number of hydrogen-bond acceptors (Lipinski definition) is 2. The highest BCUT2D eigenvalue weighted by atomic mass is 32.1. The highest BCUT2D eigenvalue weighted by molar-refractivity contribution is 7.78. The molecule has 4 rings (SSSR count). The summed E-state index contributed by atoms with van der Waals surface area (Å²) in [5, 5.41) is 2.39. The van der Waals surface area contributed by atoms with E-state index < -0.39 is 0 Å². The Morgan fingerprint density at radius 3 is 1.85 bits per heavy atom. The van der Waals surface area contributed by atoms with E-state index in [1.165, 1.54) is 82.6 Å². The van der Waals surface area contributed by atoms with Crippen LogP contribution in [0.3, 0.4) is 0 Å². The Hall–Kier alpha value is -2.20. The average molecular weight is 470 g/mol. The zero-order valence-corrected chi connectivity index (χ0v) is 21.6. The van der Waals surface area contributed by atoms with Gasteiger partial charge in [-0.2, -0.15) is 4.99 Å². The molecule has 0 aliphatic heterocycles. The van der Waals surface area contributed by atoms with Crippen molar-refractivity contribution in [2.45, 2.75) is 89.9 Å². The molecule has 2 aliphatic rings. The molecule has 2 aliphatic carbocycles. The quantitative estimate of drug-likeness (QED) is 0.170. The normalized spacial score (nSPS) is 24.5. The minimum atomic E-state index is 0.734. The van der Waals surface area contributed by atoms with Gasteiger partial charge in [-0.05, 0) is 116 Å². The molecule has 178 valence electrons. The van der Waals surface area contributed by atoms with Crippen molar-refractivity contribution in [3.8, 4) is 11.8 Å². The molecule has 0 aromatic heterocycles. The molecular formula is C32H39NS. The van der Waals surface area contributed by atoms with Crippen LogP contribution in [0.15, 0.2) is 53.5 Å². The topological polar surface area (TPSA) is 12.4 Å². The van der Waals surface area contributed by atoms with Crippen LogP contribution in [0.4, 0.5) is 5.69 Å². The number of aliphatic imine (C=N–C) groups is 1. The second kappa shape index (κ2) is 13.0. The van der Waals surface area contributed by atoms with Gasteiger partial charge in [0.05, 0.1) is 10.8 Å². The summed E-state index contributed by atoms with van der Waals surface area (Å²) in [4.78, 5) is 3.98. The largest absolute Gasteiger partial charge is 0.195 e. The molecule has 0 unspecified atom stereocenters. The van der Waals surface area contributed by atoms with Gasteiger partial charge in [0.25, 0.3) is 0 Å². The van der Waals surface area contributed by atoms with Crippen molar-refractivity contribution in [1.29, 1.82) is 0 Å². The van der Waals surface area contributed by atoms with Crippen molar-refractivity contribution in [2.24, 2.45) is 22.7 Å². The molecule has 0 amide bonds. The Labute approximate surface area is 212 Å². The monoisotopic (exact) mass is 469 g/mol. The summed E-state index contributed by atoms with van der Waals surface area (Å²) >= 11 is 4.65. The Morgan fingerprint density at radius 1 is 0.735 bits per heavy atom. The first-order valence-electron chi connectivity index (χ1n) is 13.5. The van der Waals surface area contributed by atoms with E-state index in [2.05, 4.69) is 65.4 Å². The molecule has 0 N–H and O–H groups in total. The Bertz CT molecular complexity index is 988. The van der Waals surface area contributed by atoms with Crippen molar-refractivity contribution < 1.29 is 0 Å². The highest BCUT2D eigenvalue weighted by Gasteiger charge is 2.31. The van der Waals surface area contributed by atoms with Gasteiger partial charge in [0.1, 0.15) is 0 Å². The minimum Gasteiger partial charge on any atom is -0.195 e. The molecule has 2 aromatic carbocycles. The molecule has 0 bridgehead atoms. The van der Waals surface area contributed by atoms with Gasteiger partial charge >= 0.3 is 0 Å². The maximum Gasteiger partial charge on any atom is 0.0740 e. The smallest absolute Gasteiger partial charge is 0.0740 e. The predicted molar refractivity (Wildman–Crippen MR) is 148 cm³/mol. The lowest BCUT2D eigenvalue weighted by molar-refractivity contribution is 0.155. The Morgan fingerprint density at radius 2 is 1.29 bits per heavy atom. The van der Waals surface area contributed by atoms with Crippen LogP contribution in [-0.4, -0.2) is 5.16 Å². The van der Waals surface area contributed by atoms with Gasteiger partial charge in [0, 0.05) is 11.1 Å². The number of isothiocyanates is 1. The predicted octanol–water partition coefficient (Wildman–Crippen LogP) is 9.48. The summed E-state index contributed by atoms with van der Waals surface area (Å²) in [6, 6.07) is 16.8. The van der Waals surface area contributed by atoms with Gasteiger partial charge in [-0.1, -0.05) is 69.4 Å². The van der Waals surface area contributed by atoms with Crippen molar-refractivity contribution >= 4 is 23.1 Å². The van der Waals surface area contributed by atoms with Gasteiger partial charge in [-0.15, -0.1) is 0 Å². The number of rotatable bonds is 7. The van der Waals surface area contributed by atoms with Crippen LogP contribution in [0.25, 0.3) is 0 Å². The van der Waals surface area contributed by atoms with Crippen LogP contribution in [0, 0.1) is 29.6 Å². The van der Waals surface area contributed by atoms with Crippen LogP contribution in [-0.2, 0) is 0 Å². The molecule has 34 heavy (non-hydrogen) atoms. The van der Waals surface area contributed by atoms with Crippen LogP contribution >= 0.6 is 12.2 Å². The molecule has 0 radical (unpaired) electrons. The maximum absolute atomic E-state index is 4.65. The Balaban J connectivity index is 1.23. The van der Waals surface area contributed by atoms with E-state index >= 15 is 0 Å². The molecule has 0 heterocycles. The SMILES string of the molecule is CCCCCC1CCC(C2CCC(c3ccc(C#Cc4ccc(N=C=S)cc4)cc3)CC2)CC1. The maximum atomic E-state index is 4.65. The lowest BCUT2D eigenvalue weighted by Gasteiger charge is -2.38. The molecular weight excluding hydrogens is 430 g/mol. The summed E-state index contributed by atoms with van der Waals surface area (Å²) in [5.41, 5.74) is 4.38. The van der Waals surface area contributed by atoms with E-state index in [9.17, 15) is 0 Å². The lowest BCUT2D eigenvalue weighted by Crippen LogP contribution is -2.25. The fourth-order valence-electron chi connectivity index (χ4n) is 6.21. The van der Waals surface area contributed by atoms with Gasteiger partial charge in [0.15, 0.2) is 0 Å². The second-order valence-electron chi connectivity index (χ2n) is 10.5. The molecule has 2 fully saturated rings. The molecule has 2 aromatic rings. The van der Waals surface area contributed by atoms with Gasteiger partial charge in [-0.25, -0.2) is 0 Å². The standard InChI is InChI=1S/C32H39NS/c1-2-3-4-5-25-8-14-28(15-9-25)30-18-20-31(21-19-30)29-16-10-26(11-17-29)6-7-27-12-22-32(23-13-27)33-24-34/h10-13,16-17,22-23,25,28,30-31H,2-5,8-9,14-15,18-21H2,1H3. The van der Waals surface area contributed by atoms with E-state index in [-0.39, 0.29) is 0 Å². The van der Waals surface area contributed by atoms with Crippen molar-refractivity contribution in [3.05, 3.63) is 65.2 Å². The third-order valence-electron chi connectivity index (χ3n) is 8.32. The van der Waals surface area contributed by atoms with Crippen LogP contribution in [0.1, 0.15) is 107 Å². The van der Waals surface area contributed by atoms with Crippen LogP contribution < -0.4 is 0 Å². The number of nitrogens with zero attached hydrogens (tertiary/aromatic N) is 1. The van der Waals surface area contributed by atoms with Crippen molar-refractivity contribution in [1.82, 2.24) is 0 Å².